The first-order chi connectivity index (χ1) is 15.9. The highest BCUT2D eigenvalue weighted by atomic mass is 16.5. The van der Waals surface area contributed by atoms with E-state index in [-0.39, 0.29) is 17.2 Å². The van der Waals surface area contributed by atoms with Crippen LogP contribution < -0.4 is 14.8 Å². The third-order valence-electron chi connectivity index (χ3n) is 6.19. The molecule has 2 aliphatic rings. The molecule has 0 saturated carbocycles. The van der Waals surface area contributed by atoms with Crippen molar-refractivity contribution in [2.75, 3.05) is 19.0 Å². The van der Waals surface area contributed by atoms with E-state index >= 15 is 0 Å². The van der Waals surface area contributed by atoms with Crippen LogP contribution in [0.2, 0.25) is 0 Å². The third-order valence-corrected chi connectivity index (χ3v) is 6.19. The smallest absolute Gasteiger partial charge is 0.226 e. The van der Waals surface area contributed by atoms with Crippen molar-refractivity contribution in [1.82, 2.24) is 14.8 Å². The zero-order valence-electron chi connectivity index (χ0n) is 19.4. The van der Waals surface area contributed by atoms with Crippen molar-refractivity contribution in [3.63, 3.8) is 0 Å². The molecule has 2 aromatic carbocycles. The van der Waals surface area contributed by atoms with Crippen molar-refractivity contribution in [2.45, 2.75) is 39.7 Å². The van der Waals surface area contributed by atoms with Gasteiger partial charge in [-0.05, 0) is 60.7 Å². The lowest BCUT2D eigenvalue weighted by atomic mass is 9.73. The Balaban J connectivity index is 1.61. The summed E-state index contributed by atoms with van der Waals surface area (Å²) >= 11 is 0. The Hall–Kier alpha value is -3.61. The van der Waals surface area contributed by atoms with E-state index in [0.29, 0.717) is 24.8 Å². The Morgan fingerprint density at radius 2 is 1.76 bits per heavy atom. The molecule has 170 valence electrons. The summed E-state index contributed by atoms with van der Waals surface area (Å²) in [5, 5.41) is 8.27. The maximum atomic E-state index is 13.4. The molecule has 0 saturated heterocycles. The number of carbonyl (C=O) groups excluding carboxylic acids is 1. The van der Waals surface area contributed by atoms with Gasteiger partial charge in [0.15, 0.2) is 11.6 Å². The van der Waals surface area contributed by atoms with Crippen LogP contribution >= 0.6 is 0 Å². The maximum Gasteiger partial charge on any atom is 0.226 e. The fourth-order valence-corrected chi connectivity index (χ4v) is 4.69. The Kier molecular flexibility index (Phi) is 5.19. The first-order valence-corrected chi connectivity index (χ1v) is 11.3. The van der Waals surface area contributed by atoms with Crippen molar-refractivity contribution in [2.24, 2.45) is 5.41 Å². The van der Waals surface area contributed by atoms with Gasteiger partial charge in [0.2, 0.25) is 5.95 Å². The summed E-state index contributed by atoms with van der Waals surface area (Å²) in [5.41, 5.74) is 3.48. The van der Waals surface area contributed by atoms with E-state index < -0.39 is 0 Å². The lowest BCUT2D eigenvalue weighted by molar-refractivity contribution is -0.118. The number of allylic oxidation sites excluding steroid dienone is 2. The number of ketones is 1. The second kappa shape index (κ2) is 8.06. The molecule has 1 N–H and O–H groups in total. The van der Waals surface area contributed by atoms with Gasteiger partial charge in [0, 0.05) is 23.3 Å². The van der Waals surface area contributed by atoms with Crippen LogP contribution in [0.15, 0.2) is 59.8 Å². The first-order valence-electron chi connectivity index (χ1n) is 11.3. The van der Waals surface area contributed by atoms with Crippen molar-refractivity contribution in [3.8, 4) is 22.9 Å². The number of hydrogen-bond donors (Lipinski definition) is 1. The van der Waals surface area contributed by atoms with E-state index in [2.05, 4.69) is 19.2 Å². The summed E-state index contributed by atoms with van der Waals surface area (Å²) in [4.78, 5) is 18.1. The molecule has 1 aliphatic heterocycles. The monoisotopic (exact) mass is 444 g/mol. The van der Waals surface area contributed by atoms with E-state index in [0.717, 1.165) is 40.3 Å². The SMILES string of the molecule is CCOc1ccc([C@@H]2C3=C(CC(C)(C)CC3=O)Nc3nc(-c4ccc(OC)cc4)nn32)cc1. The lowest BCUT2D eigenvalue weighted by Gasteiger charge is -2.38. The van der Waals surface area contributed by atoms with Gasteiger partial charge in [0.05, 0.1) is 13.7 Å². The van der Waals surface area contributed by atoms with Crippen molar-refractivity contribution < 1.29 is 14.3 Å². The van der Waals surface area contributed by atoms with Crippen LogP contribution in [0, 0.1) is 5.41 Å². The normalized spacial score (nSPS) is 18.9. The Bertz CT molecular complexity index is 1220. The second-order valence-corrected chi connectivity index (χ2v) is 9.29. The predicted molar refractivity (Wildman–Crippen MR) is 126 cm³/mol. The van der Waals surface area contributed by atoms with E-state index in [1.165, 1.54) is 0 Å². The summed E-state index contributed by atoms with van der Waals surface area (Å²) in [6.45, 7) is 6.82. The Labute approximate surface area is 193 Å². The quantitative estimate of drug-likeness (QED) is 0.596. The second-order valence-electron chi connectivity index (χ2n) is 9.29. The fourth-order valence-electron chi connectivity index (χ4n) is 4.69. The summed E-state index contributed by atoms with van der Waals surface area (Å²) in [6, 6.07) is 15.2. The van der Waals surface area contributed by atoms with Crippen LogP contribution in [0.3, 0.4) is 0 Å². The summed E-state index contributed by atoms with van der Waals surface area (Å²) in [7, 11) is 1.64. The minimum absolute atomic E-state index is 0.104. The molecule has 7 heteroatoms. The Morgan fingerprint density at radius 3 is 2.42 bits per heavy atom. The van der Waals surface area contributed by atoms with E-state index in [1.54, 1.807) is 7.11 Å². The average Bonchev–Trinajstić information content (AvgIpc) is 3.21. The summed E-state index contributed by atoms with van der Waals surface area (Å²) < 4.78 is 12.7. The molecule has 33 heavy (non-hydrogen) atoms. The molecule has 3 aromatic rings. The number of carbonyl (C=O) groups is 1. The molecular formula is C26H28N4O3. The number of methoxy groups -OCH3 is 1. The predicted octanol–water partition coefficient (Wildman–Crippen LogP) is 5.01. The van der Waals surface area contributed by atoms with Gasteiger partial charge < -0.3 is 14.8 Å². The first kappa shape index (κ1) is 21.2. The molecule has 5 rings (SSSR count). The number of aromatic nitrogens is 3. The van der Waals surface area contributed by atoms with E-state index in [1.807, 2.05) is 60.1 Å². The van der Waals surface area contributed by atoms with E-state index in [9.17, 15) is 4.79 Å². The lowest BCUT2D eigenvalue weighted by Crippen LogP contribution is -2.36. The number of Topliss-reactive ketones (excluding diaryl/α,β-unsaturated/α-hetero) is 1. The molecule has 2 heterocycles. The Morgan fingerprint density at radius 1 is 1.06 bits per heavy atom. The number of nitrogens with zero attached hydrogens (tertiary/aromatic N) is 3. The molecule has 0 unspecified atom stereocenters. The van der Waals surface area contributed by atoms with Crippen LogP contribution in [0.1, 0.15) is 45.2 Å². The highest BCUT2D eigenvalue weighted by molar-refractivity contribution is 6.00. The van der Waals surface area contributed by atoms with Crippen molar-refractivity contribution in [1.29, 1.82) is 0 Å². The number of rotatable bonds is 5. The van der Waals surface area contributed by atoms with Crippen molar-refractivity contribution in [3.05, 3.63) is 65.4 Å². The minimum Gasteiger partial charge on any atom is -0.497 e. The molecule has 0 fully saturated rings. The van der Waals surface area contributed by atoms with Crippen LogP contribution in [0.25, 0.3) is 11.4 Å². The number of ether oxygens (including phenoxy) is 2. The van der Waals surface area contributed by atoms with Gasteiger partial charge in [-0.25, -0.2) is 4.68 Å². The molecule has 1 aromatic heterocycles. The van der Waals surface area contributed by atoms with Gasteiger partial charge in [-0.3, -0.25) is 4.79 Å². The number of benzene rings is 2. The van der Waals surface area contributed by atoms with Crippen LogP contribution in [0.4, 0.5) is 5.95 Å². The molecule has 7 nitrogen and oxygen atoms in total. The standard InChI is InChI=1S/C26H28N4O3/c1-5-33-19-12-6-16(7-13-19)23-22-20(14-26(2,3)15-21(22)31)27-25-28-24(29-30(23)25)17-8-10-18(32-4)11-9-17/h6-13,23H,5,14-15H2,1-4H3,(H,27,28,29)/t23-/m1/s1. The van der Waals surface area contributed by atoms with Crippen molar-refractivity contribution >= 4 is 11.7 Å². The number of anilines is 1. The number of hydrogen-bond acceptors (Lipinski definition) is 6. The van der Waals surface area contributed by atoms with Gasteiger partial charge in [0.25, 0.3) is 0 Å². The van der Waals surface area contributed by atoms with Crippen LogP contribution in [-0.2, 0) is 4.79 Å². The fraction of sp³-hybridized carbons (Fsp3) is 0.346. The number of nitrogens with one attached hydrogen (secondary N) is 1. The number of fused-ring (bicyclic) bond motifs is 1. The highest BCUT2D eigenvalue weighted by Gasteiger charge is 2.41. The van der Waals surface area contributed by atoms with Gasteiger partial charge in [-0.15, -0.1) is 5.10 Å². The van der Waals surface area contributed by atoms with Gasteiger partial charge in [-0.1, -0.05) is 26.0 Å². The molecule has 1 aliphatic carbocycles. The van der Waals surface area contributed by atoms with Crippen LogP contribution in [0.5, 0.6) is 11.5 Å². The molecule has 0 bridgehead atoms. The van der Waals surface area contributed by atoms with E-state index in [4.69, 9.17) is 19.6 Å². The minimum atomic E-state index is -0.338. The third kappa shape index (κ3) is 3.88. The highest BCUT2D eigenvalue weighted by Crippen LogP contribution is 2.45. The molecule has 1 atom stereocenters. The largest absolute Gasteiger partial charge is 0.497 e. The molecule has 0 radical (unpaired) electrons. The summed E-state index contributed by atoms with van der Waals surface area (Å²) in [5.74, 6) is 2.97. The van der Waals surface area contributed by atoms with Gasteiger partial charge in [0.1, 0.15) is 17.5 Å². The molecular weight excluding hydrogens is 416 g/mol. The summed E-state index contributed by atoms with van der Waals surface area (Å²) in [6.07, 6.45) is 1.29. The molecule has 0 spiro atoms. The maximum absolute atomic E-state index is 13.4. The topological polar surface area (TPSA) is 78.3 Å². The zero-order chi connectivity index (χ0) is 23.2. The zero-order valence-corrected chi connectivity index (χ0v) is 19.4. The van der Waals surface area contributed by atoms with Gasteiger partial charge >= 0.3 is 0 Å². The average molecular weight is 445 g/mol. The van der Waals surface area contributed by atoms with Crippen LogP contribution in [-0.4, -0.2) is 34.3 Å². The van der Waals surface area contributed by atoms with Gasteiger partial charge in [-0.2, -0.15) is 4.98 Å². The molecule has 0 amide bonds.